The quantitative estimate of drug-likeness (QED) is 0.669. The summed E-state index contributed by atoms with van der Waals surface area (Å²) in [6.45, 7) is 4.80. The van der Waals surface area contributed by atoms with E-state index in [1.807, 2.05) is 0 Å². The predicted molar refractivity (Wildman–Crippen MR) is 79.9 cm³/mol. The van der Waals surface area contributed by atoms with Crippen LogP contribution in [0.5, 0.6) is 5.75 Å². The zero-order chi connectivity index (χ0) is 16.3. The van der Waals surface area contributed by atoms with Gasteiger partial charge in [0.05, 0.1) is 0 Å². The number of rotatable bonds is 4. The Morgan fingerprint density at radius 1 is 1.14 bits per heavy atom. The molecule has 0 aliphatic heterocycles. The predicted octanol–water partition coefficient (Wildman–Crippen LogP) is 2.71. The van der Waals surface area contributed by atoms with Gasteiger partial charge in [-0.15, -0.1) is 0 Å². The van der Waals surface area contributed by atoms with Gasteiger partial charge in [-0.1, -0.05) is 0 Å². The zero-order valence-electron chi connectivity index (χ0n) is 12.6. The molecule has 0 atom stereocenters. The minimum atomic E-state index is -0.590. The minimum Gasteiger partial charge on any atom is -0.508 e. The molecule has 1 amide bonds. The fourth-order valence-corrected chi connectivity index (χ4v) is 2.04. The van der Waals surface area contributed by atoms with Gasteiger partial charge in [0, 0.05) is 11.3 Å². The molecule has 2 aromatic rings. The maximum Gasteiger partial charge on any atom is 0.342 e. The van der Waals surface area contributed by atoms with Crippen LogP contribution in [0.25, 0.3) is 0 Å². The Bertz CT molecular complexity index is 700. The van der Waals surface area contributed by atoms with Gasteiger partial charge in [-0.3, -0.25) is 4.79 Å². The maximum atomic E-state index is 12.0. The molecule has 116 valence electrons. The fraction of sp³-hybridized carbons (Fsp3) is 0.250. The molecule has 0 radical (unpaired) electrons. The van der Waals surface area contributed by atoms with Gasteiger partial charge < -0.3 is 19.6 Å². The number of carbonyl (C=O) groups is 2. The first-order chi connectivity index (χ1) is 10.4. The van der Waals surface area contributed by atoms with Crippen molar-refractivity contribution in [2.75, 3.05) is 11.9 Å². The van der Waals surface area contributed by atoms with Crippen molar-refractivity contribution in [1.29, 1.82) is 0 Å². The van der Waals surface area contributed by atoms with E-state index in [0.29, 0.717) is 28.3 Å². The van der Waals surface area contributed by atoms with Crippen molar-refractivity contribution in [2.45, 2.75) is 20.8 Å². The van der Waals surface area contributed by atoms with E-state index in [1.165, 1.54) is 12.1 Å². The first kappa shape index (κ1) is 15.6. The van der Waals surface area contributed by atoms with Crippen molar-refractivity contribution < 1.29 is 23.8 Å². The topological polar surface area (TPSA) is 88.8 Å². The third-order valence-corrected chi connectivity index (χ3v) is 3.25. The second-order valence-corrected chi connectivity index (χ2v) is 4.89. The number of hydrogen-bond acceptors (Lipinski definition) is 5. The van der Waals surface area contributed by atoms with Gasteiger partial charge in [0.1, 0.15) is 22.8 Å². The van der Waals surface area contributed by atoms with Gasteiger partial charge in [-0.05, 0) is 45.0 Å². The second-order valence-electron chi connectivity index (χ2n) is 4.89. The number of furan rings is 1. The Kier molecular flexibility index (Phi) is 4.50. The number of ether oxygens (including phenoxy) is 1. The molecule has 22 heavy (non-hydrogen) atoms. The van der Waals surface area contributed by atoms with Crippen LogP contribution in [0.1, 0.15) is 27.4 Å². The lowest BCUT2D eigenvalue weighted by Crippen LogP contribution is -2.21. The largest absolute Gasteiger partial charge is 0.508 e. The van der Waals surface area contributed by atoms with E-state index in [0.717, 1.165) is 0 Å². The molecule has 0 spiro atoms. The Hall–Kier alpha value is -2.76. The Labute approximate surface area is 127 Å². The number of phenols is 1. The highest BCUT2D eigenvalue weighted by molar-refractivity contribution is 5.96. The van der Waals surface area contributed by atoms with Gasteiger partial charge in [-0.25, -0.2) is 4.79 Å². The van der Waals surface area contributed by atoms with E-state index in [9.17, 15) is 9.59 Å². The number of amides is 1. The van der Waals surface area contributed by atoms with E-state index in [2.05, 4.69) is 5.32 Å². The van der Waals surface area contributed by atoms with Crippen LogP contribution >= 0.6 is 0 Å². The van der Waals surface area contributed by atoms with Gasteiger partial charge in [0.2, 0.25) is 0 Å². The Balaban J connectivity index is 1.93. The molecule has 0 unspecified atom stereocenters. The smallest absolute Gasteiger partial charge is 0.342 e. The SMILES string of the molecule is Cc1oc(C)c(C(=O)OCC(=O)Nc2ccc(O)cc2)c1C. The van der Waals surface area contributed by atoms with Crippen molar-refractivity contribution in [2.24, 2.45) is 0 Å². The number of aromatic hydroxyl groups is 1. The average Bonchev–Trinajstić information content (AvgIpc) is 2.72. The van der Waals surface area contributed by atoms with Crippen LogP contribution in [0.2, 0.25) is 0 Å². The van der Waals surface area contributed by atoms with Gasteiger partial charge >= 0.3 is 5.97 Å². The average molecular weight is 303 g/mol. The molecular weight excluding hydrogens is 286 g/mol. The highest BCUT2D eigenvalue weighted by atomic mass is 16.5. The van der Waals surface area contributed by atoms with E-state index in [1.54, 1.807) is 32.9 Å². The summed E-state index contributed by atoms with van der Waals surface area (Å²) in [4.78, 5) is 23.7. The third-order valence-electron chi connectivity index (χ3n) is 3.25. The first-order valence-corrected chi connectivity index (χ1v) is 6.71. The molecule has 1 heterocycles. The third kappa shape index (κ3) is 3.46. The Morgan fingerprint density at radius 2 is 1.77 bits per heavy atom. The van der Waals surface area contributed by atoms with Gasteiger partial charge in [0.25, 0.3) is 5.91 Å². The summed E-state index contributed by atoms with van der Waals surface area (Å²) in [7, 11) is 0. The van der Waals surface area contributed by atoms with Crippen LogP contribution in [-0.4, -0.2) is 23.6 Å². The number of carbonyl (C=O) groups excluding carboxylic acids is 2. The zero-order valence-corrected chi connectivity index (χ0v) is 12.6. The summed E-state index contributed by atoms with van der Waals surface area (Å²) < 4.78 is 10.4. The molecule has 0 fully saturated rings. The second kappa shape index (κ2) is 6.34. The number of anilines is 1. The molecule has 0 aliphatic carbocycles. The molecule has 6 heteroatoms. The molecule has 1 aromatic carbocycles. The van der Waals surface area contributed by atoms with Crippen LogP contribution in [0.15, 0.2) is 28.7 Å². The highest BCUT2D eigenvalue weighted by Crippen LogP contribution is 2.21. The van der Waals surface area contributed by atoms with Crippen LogP contribution in [0, 0.1) is 20.8 Å². The van der Waals surface area contributed by atoms with Crippen molar-refractivity contribution in [3.05, 3.63) is 46.9 Å². The summed E-state index contributed by atoms with van der Waals surface area (Å²) in [6, 6.07) is 5.98. The monoisotopic (exact) mass is 303 g/mol. The lowest BCUT2D eigenvalue weighted by molar-refractivity contribution is -0.119. The minimum absolute atomic E-state index is 0.103. The normalized spacial score (nSPS) is 10.3. The molecule has 1 aromatic heterocycles. The fourth-order valence-electron chi connectivity index (χ4n) is 2.04. The number of hydrogen-bond donors (Lipinski definition) is 2. The first-order valence-electron chi connectivity index (χ1n) is 6.71. The number of esters is 1. The number of nitrogens with one attached hydrogen (secondary N) is 1. The molecule has 0 saturated carbocycles. The van der Waals surface area contributed by atoms with E-state index >= 15 is 0 Å². The van der Waals surface area contributed by atoms with Crippen molar-refractivity contribution in [1.82, 2.24) is 0 Å². The van der Waals surface area contributed by atoms with Crippen molar-refractivity contribution >= 4 is 17.6 Å². The van der Waals surface area contributed by atoms with Crippen LogP contribution < -0.4 is 5.32 Å². The van der Waals surface area contributed by atoms with Crippen LogP contribution in [0.4, 0.5) is 5.69 Å². The van der Waals surface area contributed by atoms with Crippen LogP contribution in [0.3, 0.4) is 0 Å². The summed E-state index contributed by atoms with van der Waals surface area (Å²) in [6.07, 6.45) is 0. The van der Waals surface area contributed by atoms with E-state index in [4.69, 9.17) is 14.3 Å². The van der Waals surface area contributed by atoms with Crippen molar-refractivity contribution in [3.63, 3.8) is 0 Å². The molecule has 2 N–H and O–H groups in total. The van der Waals surface area contributed by atoms with Gasteiger partial charge in [0.15, 0.2) is 6.61 Å². The Morgan fingerprint density at radius 3 is 2.32 bits per heavy atom. The molecule has 2 rings (SSSR count). The number of aryl methyl sites for hydroxylation is 2. The number of benzene rings is 1. The van der Waals surface area contributed by atoms with Crippen molar-refractivity contribution in [3.8, 4) is 5.75 Å². The summed E-state index contributed by atoms with van der Waals surface area (Å²) in [5, 5.41) is 11.7. The maximum absolute atomic E-state index is 12.0. The van der Waals surface area contributed by atoms with E-state index < -0.39 is 18.5 Å². The summed E-state index contributed by atoms with van der Waals surface area (Å²) in [5.41, 5.74) is 1.57. The highest BCUT2D eigenvalue weighted by Gasteiger charge is 2.20. The lowest BCUT2D eigenvalue weighted by atomic mass is 10.1. The standard InChI is InChI=1S/C16H17NO5/c1-9-10(2)22-11(3)15(9)16(20)21-8-14(19)17-12-4-6-13(18)7-5-12/h4-7,18H,8H2,1-3H3,(H,17,19). The summed E-state index contributed by atoms with van der Waals surface area (Å²) in [5.74, 6) is 0.171. The number of phenolic OH excluding ortho intramolecular Hbond substituents is 1. The van der Waals surface area contributed by atoms with E-state index in [-0.39, 0.29) is 5.75 Å². The van der Waals surface area contributed by atoms with Crippen LogP contribution in [-0.2, 0) is 9.53 Å². The summed E-state index contributed by atoms with van der Waals surface area (Å²) >= 11 is 0. The molecular formula is C16H17NO5. The molecule has 6 nitrogen and oxygen atoms in total. The molecule has 0 aliphatic rings. The van der Waals surface area contributed by atoms with Gasteiger partial charge in [-0.2, -0.15) is 0 Å². The lowest BCUT2D eigenvalue weighted by Gasteiger charge is -2.07. The molecule has 0 saturated heterocycles. The molecule has 0 bridgehead atoms.